The minimum atomic E-state index is -1.98. The summed E-state index contributed by atoms with van der Waals surface area (Å²) in [6, 6.07) is -0.898. The summed E-state index contributed by atoms with van der Waals surface area (Å²) in [5.74, 6) is -0.248. The Morgan fingerprint density at radius 2 is 0.657 bits per heavy atom. The SMILES string of the molecule is CC/C=C\C/C=C\C/C=C\C/C=C\C/C=C\C/C=C\C/C=C\C/C=C\CCCCCCCCCCCCC(=O)NC(COC1OC(CO)C(OC2OC(CO)C(OC3OC(CO)C(O)C(O)C3O)C(O)C2O)C(O)C1O)C(O)CCCCCCCCCCCCCCCCCCCCCCCCCCC. The van der Waals surface area contributed by atoms with Gasteiger partial charge in [-0.25, -0.2) is 0 Å². The van der Waals surface area contributed by atoms with Gasteiger partial charge in [-0.2, -0.15) is 0 Å². The molecule has 0 aromatic rings. The van der Waals surface area contributed by atoms with Gasteiger partial charge in [-0.1, -0.05) is 323 Å². The minimum absolute atomic E-state index is 0.248. The molecule has 19 heteroatoms. The van der Waals surface area contributed by atoms with Crippen LogP contribution in [0.5, 0.6) is 0 Å². The summed E-state index contributed by atoms with van der Waals surface area (Å²) in [5, 5.41) is 121. The van der Waals surface area contributed by atoms with Crippen molar-refractivity contribution in [3.05, 3.63) is 97.2 Å². The van der Waals surface area contributed by atoms with Crippen LogP contribution in [0.2, 0.25) is 0 Å². The van der Waals surface area contributed by atoms with Crippen molar-refractivity contribution in [1.29, 1.82) is 0 Å². The van der Waals surface area contributed by atoms with Crippen LogP contribution in [0.4, 0.5) is 0 Å². The zero-order chi connectivity index (χ0) is 76.0. The lowest BCUT2D eigenvalue weighted by molar-refractivity contribution is -0.379. The fraction of sp³-hybridized carbons (Fsp3) is 0.802. The second-order valence-electron chi connectivity index (χ2n) is 29.6. The number of amides is 1. The van der Waals surface area contributed by atoms with E-state index in [0.29, 0.717) is 12.8 Å². The molecule has 3 aliphatic heterocycles. The van der Waals surface area contributed by atoms with E-state index in [2.05, 4.69) is 116 Å². The second-order valence-corrected chi connectivity index (χ2v) is 29.6. The van der Waals surface area contributed by atoms with Gasteiger partial charge in [0, 0.05) is 6.42 Å². The Hall–Kier alpha value is -3.29. The van der Waals surface area contributed by atoms with Crippen LogP contribution in [0.25, 0.3) is 0 Å². The number of carbonyl (C=O) groups excluding carboxylic acids is 1. The monoisotopic (exact) mass is 1490 g/mol. The third kappa shape index (κ3) is 45.0. The van der Waals surface area contributed by atoms with E-state index in [0.717, 1.165) is 109 Å². The highest BCUT2D eigenvalue weighted by Gasteiger charge is 2.54. The molecule has 105 heavy (non-hydrogen) atoms. The van der Waals surface area contributed by atoms with Gasteiger partial charge in [-0.15, -0.1) is 0 Å². The summed E-state index contributed by atoms with van der Waals surface area (Å²) in [5.41, 5.74) is 0. The quantitative estimate of drug-likeness (QED) is 0.0199. The van der Waals surface area contributed by atoms with Crippen LogP contribution in [0.15, 0.2) is 97.2 Å². The van der Waals surface area contributed by atoms with Gasteiger partial charge in [0.25, 0.3) is 0 Å². The summed E-state index contributed by atoms with van der Waals surface area (Å²) in [4.78, 5) is 13.5. The molecular weight excluding hydrogens is 1330 g/mol. The summed E-state index contributed by atoms with van der Waals surface area (Å²) in [6.07, 6.45) is 62.0. The number of ether oxygens (including phenoxy) is 6. The summed E-state index contributed by atoms with van der Waals surface area (Å²) < 4.78 is 34.5. The first-order valence-electron chi connectivity index (χ1n) is 42.0. The Balaban J connectivity index is 1.36. The molecular formula is C86H151NO18. The number of hydrogen-bond acceptors (Lipinski definition) is 18. The fourth-order valence-corrected chi connectivity index (χ4v) is 13.7. The zero-order valence-corrected chi connectivity index (χ0v) is 65.2. The molecule has 0 saturated carbocycles. The lowest BCUT2D eigenvalue weighted by atomic mass is 9.96. The van der Waals surface area contributed by atoms with E-state index in [9.17, 15) is 61.0 Å². The Bertz CT molecular complexity index is 2270. The molecule has 3 aliphatic rings. The maximum absolute atomic E-state index is 13.5. The topological polar surface area (TPSA) is 307 Å². The third-order valence-corrected chi connectivity index (χ3v) is 20.4. The van der Waals surface area contributed by atoms with Crippen molar-refractivity contribution in [3.8, 4) is 0 Å². The van der Waals surface area contributed by atoms with Crippen LogP contribution in [0.1, 0.15) is 309 Å². The summed E-state index contributed by atoms with van der Waals surface area (Å²) in [7, 11) is 0. The first kappa shape index (κ1) is 95.9. The smallest absolute Gasteiger partial charge is 0.220 e. The average molecular weight is 1490 g/mol. The predicted molar refractivity (Wildman–Crippen MR) is 420 cm³/mol. The molecule has 12 N–H and O–H groups in total. The van der Waals surface area contributed by atoms with Crippen LogP contribution in [-0.2, 0) is 33.2 Å². The van der Waals surface area contributed by atoms with Crippen molar-refractivity contribution in [3.63, 3.8) is 0 Å². The molecule has 0 spiro atoms. The largest absolute Gasteiger partial charge is 0.394 e. The van der Waals surface area contributed by atoms with Crippen LogP contribution in [-0.4, -0.2) is 193 Å². The summed E-state index contributed by atoms with van der Waals surface area (Å²) in [6.45, 7) is 1.72. The molecule has 0 aromatic carbocycles. The van der Waals surface area contributed by atoms with Gasteiger partial charge in [-0.3, -0.25) is 4.79 Å². The lowest BCUT2D eigenvalue weighted by Crippen LogP contribution is -2.66. The molecule has 17 atom stereocenters. The van der Waals surface area contributed by atoms with Crippen molar-refractivity contribution < 1.29 is 89.4 Å². The van der Waals surface area contributed by atoms with Crippen molar-refractivity contribution in [2.45, 2.75) is 413 Å². The average Bonchev–Trinajstić information content (AvgIpc) is 0.781. The highest BCUT2D eigenvalue weighted by atomic mass is 16.8. The fourth-order valence-electron chi connectivity index (χ4n) is 13.7. The first-order chi connectivity index (χ1) is 51.3. The Kier molecular flexibility index (Phi) is 59.8. The zero-order valence-electron chi connectivity index (χ0n) is 65.2. The van der Waals surface area contributed by atoms with Gasteiger partial charge in [-0.05, 0) is 77.0 Å². The molecule has 3 saturated heterocycles. The number of unbranched alkanes of at least 4 members (excludes halogenated alkanes) is 34. The first-order valence-corrected chi connectivity index (χ1v) is 42.0. The van der Waals surface area contributed by atoms with E-state index < -0.39 is 124 Å². The molecule has 3 heterocycles. The molecule has 3 fully saturated rings. The number of rotatable bonds is 66. The highest BCUT2D eigenvalue weighted by molar-refractivity contribution is 5.76. The van der Waals surface area contributed by atoms with Gasteiger partial charge in [0.05, 0.1) is 38.6 Å². The Morgan fingerprint density at radius 3 is 1.03 bits per heavy atom. The predicted octanol–water partition coefficient (Wildman–Crippen LogP) is 14.7. The number of aliphatic hydroxyl groups excluding tert-OH is 11. The number of nitrogens with one attached hydrogen (secondary N) is 1. The number of hydrogen-bond donors (Lipinski definition) is 12. The molecule has 3 rings (SSSR count). The molecule has 17 unspecified atom stereocenters. The molecule has 608 valence electrons. The molecule has 19 nitrogen and oxygen atoms in total. The number of allylic oxidation sites excluding steroid dienone is 16. The number of aliphatic hydroxyl groups is 11. The van der Waals surface area contributed by atoms with Crippen molar-refractivity contribution in [2.75, 3.05) is 26.4 Å². The van der Waals surface area contributed by atoms with E-state index in [1.165, 1.54) is 167 Å². The van der Waals surface area contributed by atoms with Crippen LogP contribution >= 0.6 is 0 Å². The standard InChI is InChI=1S/C86H151NO18/c1-3-5-7-9-11-13-15-17-19-21-23-25-27-29-30-31-32-33-34-35-36-37-38-40-42-44-46-48-50-52-54-56-58-60-62-64-74(92)87-69(70(91)63-61-59-57-55-53-51-49-47-45-43-41-39-28-26-24-22-20-18-16-14-12-10-8-6-4-2)68-100-84-80(98)77(95)82(72(66-89)102-84)105-86-81(99)78(96)83(73(67-90)103-86)104-85-79(97)76(94)75(93)71(65-88)101-85/h5,7,11,13,17,19,23,25,29-30,32-33,35-36,38,40,69-73,75-86,88-91,93-99H,3-4,6,8-10,12,14-16,18,20-22,24,26-28,31,34,37,39,41-68H2,1-2H3,(H,87,92)/b7-5-,13-11-,19-17-,25-23-,30-29-,33-32-,36-35-,40-38-. The third-order valence-electron chi connectivity index (χ3n) is 20.4. The maximum atomic E-state index is 13.5. The van der Waals surface area contributed by atoms with Crippen molar-refractivity contribution in [2.24, 2.45) is 0 Å². The van der Waals surface area contributed by atoms with Gasteiger partial charge >= 0.3 is 0 Å². The van der Waals surface area contributed by atoms with Gasteiger partial charge in [0.1, 0.15) is 73.2 Å². The van der Waals surface area contributed by atoms with E-state index >= 15 is 0 Å². The van der Waals surface area contributed by atoms with E-state index in [-0.39, 0.29) is 18.9 Å². The maximum Gasteiger partial charge on any atom is 0.220 e. The lowest BCUT2D eigenvalue weighted by Gasteiger charge is -2.48. The van der Waals surface area contributed by atoms with E-state index in [4.69, 9.17) is 28.4 Å². The molecule has 1 amide bonds. The van der Waals surface area contributed by atoms with Gasteiger partial charge in [0.15, 0.2) is 18.9 Å². The minimum Gasteiger partial charge on any atom is -0.394 e. The van der Waals surface area contributed by atoms with E-state index in [1.807, 2.05) is 0 Å². The van der Waals surface area contributed by atoms with Crippen LogP contribution < -0.4 is 5.32 Å². The second kappa shape index (κ2) is 65.4. The van der Waals surface area contributed by atoms with Crippen molar-refractivity contribution in [1.82, 2.24) is 5.32 Å². The van der Waals surface area contributed by atoms with Crippen LogP contribution in [0.3, 0.4) is 0 Å². The van der Waals surface area contributed by atoms with Crippen LogP contribution in [0, 0.1) is 0 Å². The highest BCUT2D eigenvalue weighted by Crippen LogP contribution is 2.33. The summed E-state index contributed by atoms with van der Waals surface area (Å²) >= 11 is 0. The molecule has 0 aromatic heterocycles. The molecule has 0 bridgehead atoms. The normalized spacial score (nSPS) is 26.3. The molecule has 0 aliphatic carbocycles. The van der Waals surface area contributed by atoms with Gasteiger partial charge in [0.2, 0.25) is 5.91 Å². The Labute approximate surface area is 634 Å². The number of carbonyl (C=O) groups is 1. The van der Waals surface area contributed by atoms with Gasteiger partial charge < -0.3 is 89.9 Å². The van der Waals surface area contributed by atoms with Crippen molar-refractivity contribution >= 4 is 5.91 Å². The molecule has 0 radical (unpaired) electrons. The Morgan fingerprint density at radius 1 is 0.352 bits per heavy atom. The van der Waals surface area contributed by atoms with E-state index in [1.54, 1.807) is 0 Å².